The molecule has 7 heteroatoms. The first-order valence-corrected chi connectivity index (χ1v) is 8.08. The van der Waals surface area contributed by atoms with Gasteiger partial charge in [0.25, 0.3) is 5.91 Å². The number of nitrogens with one attached hydrogen (secondary N) is 1. The van der Waals surface area contributed by atoms with Crippen molar-refractivity contribution in [3.63, 3.8) is 0 Å². The van der Waals surface area contributed by atoms with E-state index in [1.165, 1.54) is 6.33 Å². The van der Waals surface area contributed by atoms with Crippen LogP contribution in [0.5, 0.6) is 0 Å². The molecular weight excluding hydrogens is 338 g/mol. The summed E-state index contributed by atoms with van der Waals surface area (Å²) in [6.07, 6.45) is 3.97. The molecule has 0 atom stereocenters. The first-order valence-electron chi connectivity index (χ1n) is 7.70. The summed E-state index contributed by atoms with van der Waals surface area (Å²) >= 11 is 6.13. The van der Waals surface area contributed by atoms with E-state index in [2.05, 4.69) is 19.9 Å². The van der Waals surface area contributed by atoms with E-state index in [0.29, 0.717) is 39.8 Å². The molecule has 0 saturated heterocycles. The number of aliphatic imine (C=N–C) groups is 1. The predicted molar refractivity (Wildman–Crippen MR) is 97.4 cm³/mol. The highest BCUT2D eigenvalue weighted by Crippen LogP contribution is 2.37. The summed E-state index contributed by atoms with van der Waals surface area (Å²) in [5, 5.41) is 0.589. The minimum absolute atomic E-state index is 0.315. The molecule has 1 aromatic carbocycles. The largest absolute Gasteiger partial charge is 0.364 e. The summed E-state index contributed by atoms with van der Waals surface area (Å²) < 4.78 is 0. The van der Waals surface area contributed by atoms with E-state index in [4.69, 9.17) is 17.3 Å². The van der Waals surface area contributed by atoms with Crippen molar-refractivity contribution in [2.24, 2.45) is 10.7 Å². The Kier molecular flexibility index (Phi) is 3.62. The average Bonchev–Trinajstić information content (AvgIpc) is 3.23. The van der Waals surface area contributed by atoms with E-state index in [-0.39, 0.29) is 0 Å². The van der Waals surface area contributed by atoms with Crippen LogP contribution in [0.1, 0.15) is 21.7 Å². The Morgan fingerprint density at radius 2 is 2.08 bits per heavy atom. The summed E-state index contributed by atoms with van der Waals surface area (Å²) in [6.45, 7) is 1.95. The maximum atomic E-state index is 12.0. The second kappa shape index (κ2) is 5.82. The molecule has 0 fully saturated rings. The first kappa shape index (κ1) is 15.5. The third-order valence-corrected chi connectivity index (χ3v) is 4.45. The van der Waals surface area contributed by atoms with E-state index < -0.39 is 5.91 Å². The SMILES string of the molecule is Cc1ccc(Cl)cc1-c1cc(-c2ncnc3c2N=CC3)[nH]c1C(N)=O. The van der Waals surface area contributed by atoms with Crippen molar-refractivity contribution in [2.45, 2.75) is 13.3 Å². The lowest BCUT2D eigenvalue weighted by Gasteiger charge is -2.06. The second-order valence-corrected chi connectivity index (χ2v) is 6.26. The first-order chi connectivity index (χ1) is 12.0. The summed E-state index contributed by atoms with van der Waals surface area (Å²) in [4.78, 5) is 28.0. The van der Waals surface area contributed by atoms with Gasteiger partial charge in [0, 0.05) is 23.2 Å². The highest BCUT2D eigenvalue weighted by Gasteiger charge is 2.21. The number of benzene rings is 1. The number of aromatic nitrogens is 3. The lowest BCUT2D eigenvalue weighted by Crippen LogP contribution is -2.12. The van der Waals surface area contributed by atoms with E-state index in [9.17, 15) is 4.79 Å². The molecular formula is C18H14ClN5O. The van der Waals surface area contributed by atoms with Crippen LogP contribution in [-0.4, -0.2) is 27.1 Å². The number of hydrogen-bond acceptors (Lipinski definition) is 4. The van der Waals surface area contributed by atoms with Gasteiger partial charge in [0.1, 0.15) is 23.4 Å². The van der Waals surface area contributed by atoms with Gasteiger partial charge in [-0.25, -0.2) is 9.97 Å². The highest BCUT2D eigenvalue weighted by atomic mass is 35.5. The van der Waals surface area contributed by atoms with E-state index in [1.54, 1.807) is 6.21 Å². The van der Waals surface area contributed by atoms with Crippen LogP contribution in [0.4, 0.5) is 5.69 Å². The molecule has 3 heterocycles. The summed E-state index contributed by atoms with van der Waals surface area (Å²) in [5.74, 6) is -0.546. The van der Waals surface area contributed by atoms with Crippen LogP contribution in [0.3, 0.4) is 0 Å². The molecule has 6 nitrogen and oxygen atoms in total. The molecule has 25 heavy (non-hydrogen) atoms. The predicted octanol–water partition coefficient (Wildman–Crippen LogP) is 3.46. The average molecular weight is 352 g/mol. The number of primary amides is 1. The van der Waals surface area contributed by atoms with Crippen LogP contribution >= 0.6 is 11.6 Å². The summed E-state index contributed by atoms with van der Waals surface area (Å²) in [7, 11) is 0. The molecule has 1 aliphatic heterocycles. The maximum Gasteiger partial charge on any atom is 0.265 e. The molecule has 0 aliphatic carbocycles. The van der Waals surface area contributed by atoms with Gasteiger partial charge in [0.15, 0.2) is 0 Å². The smallest absolute Gasteiger partial charge is 0.265 e. The summed E-state index contributed by atoms with van der Waals surface area (Å²) in [6, 6.07) is 7.39. The minimum atomic E-state index is -0.546. The lowest BCUT2D eigenvalue weighted by atomic mass is 10.00. The number of H-pyrrole nitrogens is 1. The number of nitrogens with zero attached hydrogens (tertiary/aromatic N) is 3. The Hall–Kier alpha value is -2.99. The minimum Gasteiger partial charge on any atom is -0.364 e. The van der Waals surface area contributed by atoms with Crippen molar-refractivity contribution in [2.75, 3.05) is 0 Å². The van der Waals surface area contributed by atoms with Crippen LogP contribution in [0, 0.1) is 6.92 Å². The van der Waals surface area contributed by atoms with Gasteiger partial charge in [-0.3, -0.25) is 9.79 Å². The van der Waals surface area contributed by atoms with Crippen molar-refractivity contribution in [3.05, 3.63) is 52.6 Å². The molecule has 1 aliphatic rings. The van der Waals surface area contributed by atoms with Crippen LogP contribution in [-0.2, 0) is 6.42 Å². The normalized spacial score (nSPS) is 12.4. The third kappa shape index (κ3) is 2.60. The number of hydrogen-bond donors (Lipinski definition) is 2. The lowest BCUT2D eigenvalue weighted by molar-refractivity contribution is 0.0997. The van der Waals surface area contributed by atoms with Gasteiger partial charge in [-0.15, -0.1) is 0 Å². The monoisotopic (exact) mass is 351 g/mol. The summed E-state index contributed by atoms with van der Waals surface area (Å²) in [5.41, 5.74) is 11.3. The van der Waals surface area contributed by atoms with Crippen LogP contribution < -0.4 is 5.73 Å². The number of rotatable bonds is 3. The maximum absolute atomic E-state index is 12.0. The molecule has 0 spiro atoms. The fourth-order valence-electron chi connectivity index (χ4n) is 2.99. The Bertz CT molecular complexity index is 1040. The van der Waals surface area contributed by atoms with Crippen molar-refractivity contribution in [1.29, 1.82) is 0 Å². The number of carbonyl (C=O) groups excluding carboxylic acids is 1. The Labute approximate surface area is 148 Å². The number of carbonyl (C=O) groups is 1. The van der Waals surface area contributed by atoms with Gasteiger partial charge in [-0.1, -0.05) is 17.7 Å². The van der Waals surface area contributed by atoms with Gasteiger partial charge in [0.2, 0.25) is 0 Å². The molecule has 0 saturated carbocycles. The standard InChI is InChI=1S/C18H14ClN5O/c1-9-2-3-10(19)6-11(9)12-7-14(24-15(12)18(20)25)17-16-13(4-5-21-16)22-8-23-17/h2-3,5-8,24H,4H2,1H3,(H2,20,25). The van der Waals surface area contributed by atoms with Crippen molar-refractivity contribution in [3.8, 4) is 22.5 Å². The van der Waals surface area contributed by atoms with Crippen LogP contribution in [0.15, 0.2) is 35.6 Å². The molecule has 2 aromatic heterocycles. The topological polar surface area (TPSA) is 97.0 Å². The Morgan fingerprint density at radius 3 is 2.88 bits per heavy atom. The second-order valence-electron chi connectivity index (χ2n) is 5.83. The number of amides is 1. The molecule has 124 valence electrons. The van der Waals surface area contributed by atoms with E-state index in [0.717, 1.165) is 16.8 Å². The molecule has 0 radical (unpaired) electrons. The fourth-order valence-corrected chi connectivity index (χ4v) is 3.17. The Balaban J connectivity index is 1.93. The quantitative estimate of drug-likeness (QED) is 0.756. The van der Waals surface area contributed by atoms with Gasteiger partial charge in [-0.2, -0.15) is 0 Å². The van der Waals surface area contributed by atoms with Gasteiger partial charge in [-0.05, 0) is 36.2 Å². The molecule has 0 unspecified atom stereocenters. The van der Waals surface area contributed by atoms with Crippen molar-refractivity contribution < 1.29 is 4.79 Å². The number of aryl methyl sites for hydroxylation is 1. The molecule has 3 N–H and O–H groups in total. The van der Waals surface area contributed by atoms with E-state index >= 15 is 0 Å². The number of halogens is 1. The van der Waals surface area contributed by atoms with Crippen molar-refractivity contribution in [1.82, 2.24) is 15.0 Å². The van der Waals surface area contributed by atoms with Crippen LogP contribution in [0.2, 0.25) is 5.02 Å². The molecule has 3 aromatic rings. The van der Waals surface area contributed by atoms with Gasteiger partial charge >= 0.3 is 0 Å². The zero-order valence-electron chi connectivity index (χ0n) is 13.4. The third-order valence-electron chi connectivity index (χ3n) is 4.21. The molecule has 4 rings (SSSR count). The Morgan fingerprint density at radius 1 is 1.24 bits per heavy atom. The molecule has 0 bridgehead atoms. The number of aromatic amines is 1. The van der Waals surface area contributed by atoms with E-state index in [1.807, 2.05) is 31.2 Å². The van der Waals surface area contributed by atoms with Gasteiger partial charge in [0.05, 0.1) is 11.4 Å². The van der Waals surface area contributed by atoms with Crippen molar-refractivity contribution >= 4 is 29.4 Å². The number of fused-ring (bicyclic) bond motifs is 1. The number of nitrogens with two attached hydrogens (primary N) is 1. The zero-order valence-corrected chi connectivity index (χ0v) is 14.1. The molecule has 1 amide bonds. The highest BCUT2D eigenvalue weighted by molar-refractivity contribution is 6.31. The van der Waals surface area contributed by atoms with Crippen LogP contribution in [0.25, 0.3) is 22.5 Å². The van der Waals surface area contributed by atoms with Gasteiger partial charge < -0.3 is 10.7 Å². The zero-order chi connectivity index (χ0) is 17.6. The fraction of sp³-hybridized carbons (Fsp3) is 0.111.